The molecule has 0 saturated heterocycles. The van der Waals surface area contributed by atoms with Gasteiger partial charge >= 0.3 is 0 Å². The molecular weight excluding hydrogens is 244 g/mol. The fraction of sp³-hybridized carbons (Fsp3) is 0.300. The second kappa shape index (κ2) is 4.11. The molecule has 14 heavy (non-hydrogen) atoms. The molecule has 0 fully saturated rings. The molecule has 0 radical (unpaired) electrons. The Bertz CT molecular complexity index is 348. The summed E-state index contributed by atoms with van der Waals surface area (Å²) in [5.74, 6) is 0.702. The Morgan fingerprint density at radius 1 is 1.43 bits per heavy atom. The number of hydrogen-bond donors (Lipinski definition) is 1. The molecule has 1 aromatic rings. The largest absolute Gasteiger partial charge is 0.475 e. The highest BCUT2D eigenvalue weighted by molar-refractivity contribution is 9.10. The third-order valence-corrected chi connectivity index (χ3v) is 2.60. The molecule has 3 nitrogen and oxygen atoms in total. The second-order valence-electron chi connectivity index (χ2n) is 3.14. The van der Waals surface area contributed by atoms with Gasteiger partial charge in [-0.15, -0.1) is 0 Å². The zero-order valence-electron chi connectivity index (χ0n) is 7.61. The molecular formula is C10H11BrN2O. The topological polar surface area (TPSA) is 47.6 Å². The zero-order chi connectivity index (χ0) is 9.97. The fourth-order valence-corrected chi connectivity index (χ4v) is 1.55. The zero-order valence-corrected chi connectivity index (χ0v) is 9.20. The number of rotatable bonds is 2. The smallest absolute Gasteiger partial charge is 0.216 e. The van der Waals surface area contributed by atoms with E-state index in [0.717, 1.165) is 10.0 Å². The number of nitrogens with zero attached hydrogens (tertiary/aromatic N) is 1. The number of hydrogen-bond acceptors (Lipinski definition) is 3. The summed E-state index contributed by atoms with van der Waals surface area (Å²) >= 11 is 3.38. The third-order valence-electron chi connectivity index (χ3n) is 2.08. The van der Waals surface area contributed by atoms with Crippen molar-refractivity contribution in [2.24, 2.45) is 10.7 Å². The molecule has 1 heterocycles. The highest BCUT2D eigenvalue weighted by Crippen LogP contribution is 2.15. The molecule has 74 valence electrons. The molecule has 1 atom stereocenters. The highest BCUT2D eigenvalue weighted by Gasteiger charge is 2.18. The van der Waals surface area contributed by atoms with Crippen molar-refractivity contribution in [2.75, 3.05) is 13.2 Å². The van der Waals surface area contributed by atoms with E-state index in [1.165, 1.54) is 0 Å². The van der Waals surface area contributed by atoms with Crippen LogP contribution in [0.15, 0.2) is 33.7 Å². The van der Waals surface area contributed by atoms with Crippen LogP contribution in [0.3, 0.4) is 0 Å². The van der Waals surface area contributed by atoms with E-state index in [2.05, 4.69) is 20.9 Å². The first kappa shape index (κ1) is 9.68. The predicted molar refractivity (Wildman–Crippen MR) is 59.5 cm³/mol. The standard InChI is InChI=1S/C10H11BrN2O/c11-8-3-1-7(2-4-8)10-13-9(5-12)6-14-10/h1-4,9H,5-6,12H2. The van der Waals surface area contributed by atoms with E-state index in [0.29, 0.717) is 19.0 Å². The monoisotopic (exact) mass is 254 g/mol. The molecule has 1 aromatic carbocycles. The van der Waals surface area contributed by atoms with Crippen molar-refractivity contribution in [3.63, 3.8) is 0 Å². The van der Waals surface area contributed by atoms with E-state index in [-0.39, 0.29) is 6.04 Å². The van der Waals surface area contributed by atoms with Gasteiger partial charge in [0.2, 0.25) is 5.90 Å². The molecule has 2 rings (SSSR count). The Hall–Kier alpha value is -0.870. The first-order valence-electron chi connectivity index (χ1n) is 4.46. The SMILES string of the molecule is NCC1COC(c2ccc(Br)cc2)=N1. The van der Waals surface area contributed by atoms with Gasteiger partial charge in [-0.25, -0.2) is 4.99 Å². The molecule has 1 unspecified atom stereocenters. The molecule has 0 saturated carbocycles. The van der Waals surface area contributed by atoms with Crippen LogP contribution in [0.25, 0.3) is 0 Å². The Morgan fingerprint density at radius 3 is 2.71 bits per heavy atom. The van der Waals surface area contributed by atoms with Crippen LogP contribution in [0, 0.1) is 0 Å². The van der Waals surface area contributed by atoms with E-state index in [1.807, 2.05) is 24.3 Å². The maximum absolute atomic E-state index is 5.50. The van der Waals surface area contributed by atoms with Gasteiger partial charge in [0.1, 0.15) is 12.6 Å². The van der Waals surface area contributed by atoms with Crippen molar-refractivity contribution in [3.8, 4) is 0 Å². The summed E-state index contributed by atoms with van der Waals surface area (Å²) in [6.45, 7) is 1.14. The van der Waals surface area contributed by atoms with Gasteiger partial charge in [-0.05, 0) is 24.3 Å². The number of nitrogens with two attached hydrogens (primary N) is 1. The fourth-order valence-electron chi connectivity index (χ4n) is 1.29. The Morgan fingerprint density at radius 2 is 2.14 bits per heavy atom. The van der Waals surface area contributed by atoms with E-state index in [9.17, 15) is 0 Å². The minimum atomic E-state index is 0.119. The van der Waals surface area contributed by atoms with Gasteiger partial charge in [0.15, 0.2) is 0 Å². The van der Waals surface area contributed by atoms with Crippen molar-refractivity contribution in [2.45, 2.75) is 6.04 Å². The third kappa shape index (κ3) is 1.96. The summed E-state index contributed by atoms with van der Waals surface area (Å²) in [5, 5.41) is 0. The second-order valence-corrected chi connectivity index (χ2v) is 4.06. The minimum absolute atomic E-state index is 0.119. The van der Waals surface area contributed by atoms with E-state index in [4.69, 9.17) is 10.5 Å². The average Bonchev–Trinajstić information content (AvgIpc) is 2.67. The van der Waals surface area contributed by atoms with Crippen LogP contribution in [0.5, 0.6) is 0 Å². The summed E-state index contributed by atoms with van der Waals surface area (Å²) < 4.78 is 6.49. The average molecular weight is 255 g/mol. The van der Waals surface area contributed by atoms with Gasteiger partial charge in [-0.2, -0.15) is 0 Å². The summed E-state index contributed by atoms with van der Waals surface area (Å²) in [6, 6.07) is 8.01. The van der Waals surface area contributed by atoms with Crippen LogP contribution in [-0.4, -0.2) is 25.1 Å². The lowest BCUT2D eigenvalue weighted by molar-refractivity contribution is 0.319. The predicted octanol–water partition coefficient (Wildman–Crippen LogP) is 1.55. The Labute approximate surface area is 91.1 Å². The number of ether oxygens (including phenoxy) is 1. The maximum atomic E-state index is 5.50. The van der Waals surface area contributed by atoms with Gasteiger partial charge in [-0.1, -0.05) is 15.9 Å². The summed E-state index contributed by atoms with van der Waals surface area (Å²) in [4.78, 5) is 4.36. The first-order valence-corrected chi connectivity index (χ1v) is 5.25. The lowest BCUT2D eigenvalue weighted by Gasteiger charge is -2.00. The van der Waals surface area contributed by atoms with Crippen molar-refractivity contribution in [1.29, 1.82) is 0 Å². The van der Waals surface area contributed by atoms with Crippen LogP contribution in [0.4, 0.5) is 0 Å². The van der Waals surface area contributed by atoms with Crippen molar-refractivity contribution < 1.29 is 4.74 Å². The molecule has 1 aliphatic heterocycles. The molecule has 1 aliphatic rings. The molecule has 0 spiro atoms. The number of benzene rings is 1. The van der Waals surface area contributed by atoms with Crippen LogP contribution in [0.1, 0.15) is 5.56 Å². The molecule has 0 aromatic heterocycles. The minimum Gasteiger partial charge on any atom is -0.475 e. The summed E-state index contributed by atoms with van der Waals surface area (Å²) in [7, 11) is 0. The summed E-state index contributed by atoms with van der Waals surface area (Å²) in [6.07, 6.45) is 0. The first-order chi connectivity index (χ1) is 6.79. The molecule has 0 bridgehead atoms. The Balaban J connectivity index is 2.20. The van der Waals surface area contributed by atoms with Crippen LogP contribution >= 0.6 is 15.9 Å². The maximum Gasteiger partial charge on any atom is 0.216 e. The van der Waals surface area contributed by atoms with Crippen molar-refractivity contribution in [1.82, 2.24) is 0 Å². The van der Waals surface area contributed by atoms with Crippen LogP contribution < -0.4 is 5.73 Å². The quantitative estimate of drug-likeness (QED) is 0.871. The van der Waals surface area contributed by atoms with Gasteiger partial charge < -0.3 is 10.5 Å². The lowest BCUT2D eigenvalue weighted by Crippen LogP contribution is -2.18. The molecule has 0 amide bonds. The van der Waals surface area contributed by atoms with Gasteiger partial charge in [-0.3, -0.25) is 0 Å². The summed E-state index contributed by atoms with van der Waals surface area (Å²) in [5.41, 5.74) is 6.51. The number of halogens is 1. The van der Waals surface area contributed by atoms with Crippen LogP contribution in [0.2, 0.25) is 0 Å². The van der Waals surface area contributed by atoms with Gasteiger partial charge in [0.05, 0.1) is 0 Å². The highest BCUT2D eigenvalue weighted by atomic mass is 79.9. The van der Waals surface area contributed by atoms with E-state index in [1.54, 1.807) is 0 Å². The normalized spacial score (nSPS) is 20.4. The molecule has 0 aliphatic carbocycles. The van der Waals surface area contributed by atoms with Crippen molar-refractivity contribution >= 4 is 21.8 Å². The number of aliphatic imine (C=N–C) groups is 1. The molecule has 2 N–H and O–H groups in total. The lowest BCUT2D eigenvalue weighted by atomic mass is 10.2. The van der Waals surface area contributed by atoms with E-state index >= 15 is 0 Å². The van der Waals surface area contributed by atoms with E-state index < -0.39 is 0 Å². The van der Waals surface area contributed by atoms with Crippen LogP contribution in [-0.2, 0) is 4.74 Å². The molecule has 4 heteroatoms. The van der Waals surface area contributed by atoms with Gasteiger partial charge in [0.25, 0.3) is 0 Å². The van der Waals surface area contributed by atoms with Crippen molar-refractivity contribution in [3.05, 3.63) is 34.3 Å². The van der Waals surface area contributed by atoms with Gasteiger partial charge in [0, 0.05) is 16.6 Å². The Kier molecular flexibility index (Phi) is 2.84.